The molecule has 28 heavy (non-hydrogen) atoms. The third kappa shape index (κ3) is 6.16. The molecule has 2 rings (SSSR count). The molecule has 3 atom stereocenters. The maximum Gasteiger partial charge on any atom is 0.326 e. The summed E-state index contributed by atoms with van der Waals surface area (Å²) in [6.45, 7) is 1.40. The van der Waals surface area contributed by atoms with Crippen LogP contribution in [0.2, 0.25) is 0 Å². The summed E-state index contributed by atoms with van der Waals surface area (Å²) in [6.07, 6.45) is 4.40. The van der Waals surface area contributed by atoms with Crippen molar-refractivity contribution in [3.8, 4) is 0 Å². The third-order valence-corrected chi connectivity index (χ3v) is 5.20. The van der Waals surface area contributed by atoms with Gasteiger partial charge in [0.05, 0.1) is 12.6 Å². The Labute approximate surface area is 164 Å². The van der Waals surface area contributed by atoms with E-state index in [2.05, 4.69) is 16.0 Å². The lowest BCUT2D eigenvalue weighted by molar-refractivity contribution is -0.149. The van der Waals surface area contributed by atoms with Crippen LogP contribution in [0.25, 0.3) is 0 Å². The smallest absolute Gasteiger partial charge is 0.326 e. The number of carboxylic acids is 1. The van der Waals surface area contributed by atoms with Gasteiger partial charge in [0.2, 0.25) is 17.7 Å². The molecule has 0 unspecified atom stereocenters. The fourth-order valence-corrected chi connectivity index (χ4v) is 3.68. The molecule has 0 aromatic heterocycles. The van der Waals surface area contributed by atoms with E-state index in [1.54, 1.807) is 0 Å². The molecular weight excluding hydrogens is 366 g/mol. The number of rotatable bonds is 10. The second kappa shape index (κ2) is 11.0. The summed E-state index contributed by atoms with van der Waals surface area (Å²) < 4.78 is 0. The van der Waals surface area contributed by atoms with Crippen molar-refractivity contribution < 1.29 is 24.3 Å². The van der Waals surface area contributed by atoms with E-state index < -0.39 is 24.0 Å². The van der Waals surface area contributed by atoms with Gasteiger partial charge in [0.1, 0.15) is 12.1 Å². The van der Waals surface area contributed by atoms with Crippen LogP contribution in [0.15, 0.2) is 0 Å². The van der Waals surface area contributed by atoms with Gasteiger partial charge in [0.15, 0.2) is 0 Å². The zero-order valence-electron chi connectivity index (χ0n) is 16.1. The molecule has 2 aliphatic heterocycles. The maximum atomic E-state index is 12.9. The number of likely N-dealkylation sites (tertiary alicyclic amines) is 1. The van der Waals surface area contributed by atoms with Crippen LogP contribution in [0, 0.1) is 0 Å². The molecule has 3 amide bonds. The highest BCUT2D eigenvalue weighted by atomic mass is 16.4. The van der Waals surface area contributed by atoms with Crippen LogP contribution in [0.3, 0.4) is 0 Å². The number of amides is 3. The Balaban J connectivity index is 1.91. The average molecular weight is 397 g/mol. The van der Waals surface area contributed by atoms with Crippen LogP contribution in [-0.4, -0.2) is 78.0 Å². The largest absolute Gasteiger partial charge is 0.480 e. The Morgan fingerprint density at radius 1 is 1.18 bits per heavy atom. The van der Waals surface area contributed by atoms with Gasteiger partial charge in [0.25, 0.3) is 0 Å². The van der Waals surface area contributed by atoms with Crippen molar-refractivity contribution in [3.63, 3.8) is 0 Å². The third-order valence-electron chi connectivity index (χ3n) is 5.20. The van der Waals surface area contributed by atoms with Gasteiger partial charge in [-0.1, -0.05) is 0 Å². The molecule has 10 heteroatoms. The summed E-state index contributed by atoms with van der Waals surface area (Å²) in [5.74, 6) is -2.12. The topological polar surface area (TPSA) is 154 Å². The van der Waals surface area contributed by atoms with Gasteiger partial charge in [-0.3, -0.25) is 14.4 Å². The van der Waals surface area contributed by atoms with Crippen LogP contribution in [0.4, 0.5) is 0 Å². The molecule has 2 fully saturated rings. The average Bonchev–Trinajstić information content (AvgIpc) is 3.36. The minimum atomic E-state index is -1.03. The molecule has 0 saturated carbocycles. The Bertz CT molecular complexity index is 579. The SMILES string of the molecule is NCCCC[C@H](NC(=O)CNC(=O)[C@@H]1CCCN1)C(=O)N1CCC[C@H]1C(=O)O. The van der Waals surface area contributed by atoms with Crippen molar-refractivity contribution in [3.05, 3.63) is 0 Å². The monoisotopic (exact) mass is 397 g/mol. The number of nitrogens with zero attached hydrogens (tertiary/aromatic N) is 1. The summed E-state index contributed by atoms with van der Waals surface area (Å²) in [6, 6.07) is -1.95. The number of nitrogens with one attached hydrogen (secondary N) is 3. The van der Waals surface area contributed by atoms with Crippen molar-refractivity contribution in [1.29, 1.82) is 0 Å². The first-order chi connectivity index (χ1) is 13.4. The van der Waals surface area contributed by atoms with Crippen molar-refractivity contribution in [2.45, 2.75) is 63.1 Å². The fourth-order valence-electron chi connectivity index (χ4n) is 3.68. The molecular formula is C18H31N5O5. The van der Waals surface area contributed by atoms with E-state index in [9.17, 15) is 24.3 Å². The lowest BCUT2D eigenvalue weighted by Gasteiger charge is -2.27. The molecule has 6 N–H and O–H groups in total. The van der Waals surface area contributed by atoms with Crippen LogP contribution in [0.5, 0.6) is 0 Å². The standard InChI is InChI=1S/C18H31N5O5/c19-8-2-1-5-13(17(26)23-10-4-7-14(23)18(27)28)22-15(24)11-21-16(25)12-6-3-9-20-12/h12-14,20H,1-11,19H2,(H,21,25)(H,22,24)(H,27,28)/t12-,13-,14-/m0/s1. The normalized spacial score (nSPS) is 22.7. The van der Waals surface area contributed by atoms with Gasteiger partial charge in [-0.2, -0.15) is 0 Å². The molecule has 0 aliphatic carbocycles. The number of aliphatic carboxylic acids is 1. The van der Waals surface area contributed by atoms with E-state index in [1.165, 1.54) is 4.90 Å². The zero-order chi connectivity index (χ0) is 20.5. The highest BCUT2D eigenvalue weighted by molar-refractivity contribution is 5.92. The summed E-state index contributed by atoms with van der Waals surface area (Å²) in [7, 11) is 0. The highest BCUT2D eigenvalue weighted by Gasteiger charge is 2.37. The van der Waals surface area contributed by atoms with E-state index in [1.807, 2.05) is 0 Å². The first-order valence-electron chi connectivity index (χ1n) is 9.98. The first kappa shape index (κ1) is 22.1. The highest BCUT2D eigenvalue weighted by Crippen LogP contribution is 2.19. The van der Waals surface area contributed by atoms with Gasteiger partial charge in [-0.25, -0.2) is 4.79 Å². The second-order valence-electron chi connectivity index (χ2n) is 7.30. The quantitative estimate of drug-likeness (QED) is 0.282. The number of carbonyl (C=O) groups excluding carboxylic acids is 3. The first-order valence-corrected chi connectivity index (χ1v) is 9.98. The van der Waals surface area contributed by atoms with Crippen LogP contribution in [0.1, 0.15) is 44.9 Å². The van der Waals surface area contributed by atoms with Gasteiger partial charge in [0, 0.05) is 6.54 Å². The molecule has 2 heterocycles. The summed E-state index contributed by atoms with van der Waals surface area (Å²) in [5.41, 5.74) is 5.50. The predicted molar refractivity (Wildman–Crippen MR) is 101 cm³/mol. The van der Waals surface area contributed by atoms with Gasteiger partial charge >= 0.3 is 5.97 Å². The van der Waals surface area contributed by atoms with E-state index in [4.69, 9.17) is 5.73 Å². The maximum absolute atomic E-state index is 12.9. The molecule has 0 bridgehead atoms. The Morgan fingerprint density at radius 3 is 2.61 bits per heavy atom. The summed E-state index contributed by atoms with van der Waals surface area (Å²) >= 11 is 0. The Morgan fingerprint density at radius 2 is 1.96 bits per heavy atom. The Hall–Kier alpha value is -2.20. The van der Waals surface area contributed by atoms with Gasteiger partial charge in [-0.05, 0) is 58.0 Å². The Kier molecular flexibility index (Phi) is 8.65. The number of hydrogen-bond donors (Lipinski definition) is 5. The fraction of sp³-hybridized carbons (Fsp3) is 0.778. The molecule has 158 valence electrons. The van der Waals surface area contributed by atoms with E-state index in [-0.39, 0.29) is 24.4 Å². The minimum Gasteiger partial charge on any atom is -0.480 e. The number of hydrogen-bond acceptors (Lipinski definition) is 6. The minimum absolute atomic E-state index is 0.222. The predicted octanol–water partition coefficient (Wildman–Crippen LogP) is -1.46. The summed E-state index contributed by atoms with van der Waals surface area (Å²) in [5, 5.41) is 17.6. The van der Waals surface area contributed by atoms with Crippen molar-refractivity contribution in [2.24, 2.45) is 5.73 Å². The van der Waals surface area contributed by atoms with Gasteiger partial charge < -0.3 is 31.7 Å². The van der Waals surface area contributed by atoms with E-state index in [0.29, 0.717) is 45.2 Å². The molecule has 0 spiro atoms. The lowest BCUT2D eigenvalue weighted by atomic mass is 10.1. The molecule has 0 radical (unpaired) electrons. The molecule has 0 aromatic carbocycles. The van der Waals surface area contributed by atoms with Crippen LogP contribution >= 0.6 is 0 Å². The zero-order valence-corrected chi connectivity index (χ0v) is 16.1. The summed E-state index contributed by atoms with van der Waals surface area (Å²) in [4.78, 5) is 49.8. The molecule has 2 saturated heterocycles. The second-order valence-corrected chi connectivity index (χ2v) is 7.30. The van der Waals surface area contributed by atoms with Crippen molar-refractivity contribution >= 4 is 23.7 Å². The number of carboxylic acid groups (broad SMARTS) is 1. The lowest BCUT2D eigenvalue weighted by Crippen LogP contribution is -2.53. The molecule has 10 nitrogen and oxygen atoms in total. The van der Waals surface area contributed by atoms with Gasteiger partial charge in [-0.15, -0.1) is 0 Å². The van der Waals surface area contributed by atoms with Crippen molar-refractivity contribution in [1.82, 2.24) is 20.9 Å². The number of carbonyl (C=O) groups is 4. The van der Waals surface area contributed by atoms with E-state index in [0.717, 1.165) is 19.4 Å². The van der Waals surface area contributed by atoms with E-state index >= 15 is 0 Å². The number of nitrogens with two attached hydrogens (primary N) is 1. The molecule has 2 aliphatic rings. The number of unbranched alkanes of at least 4 members (excludes halogenated alkanes) is 1. The van der Waals surface area contributed by atoms with Crippen LogP contribution < -0.4 is 21.7 Å². The van der Waals surface area contributed by atoms with Crippen LogP contribution in [-0.2, 0) is 19.2 Å². The van der Waals surface area contributed by atoms with Crippen molar-refractivity contribution in [2.75, 3.05) is 26.2 Å². The molecule has 0 aromatic rings.